The van der Waals surface area contributed by atoms with Crippen LogP contribution in [0.25, 0.3) is 0 Å². The maximum atomic E-state index is 12.0. The summed E-state index contributed by atoms with van der Waals surface area (Å²) in [5.41, 5.74) is 4.32. The van der Waals surface area contributed by atoms with Gasteiger partial charge in [0.1, 0.15) is 0 Å². The van der Waals surface area contributed by atoms with Gasteiger partial charge in [-0.25, -0.2) is 0 Å². The zero-order chi connectivity index (χ0) is 14.3. The molecular formula is C17H18ClNO. The lowest BCUT2D eigenvalue weighted by atomic mass is 9.96. The molecule has 0 fully saturated rings. The molecule has 1 aliphatic rings. The molecule has 0 amide bonds. The molecule has 0 N–H and O–H groups in total. The summed E-state index contributed by atoms with van der Waals surface area (Å²) in [6.45, 7) is 4.21. The second kappa shape index (κ2) is 5.10. The summed E-state index contributed by atoms with van der Waals surface area (Å²) in [5, 5.41) is 0.781. The molecule has 1 aliphatic carbocycles. The molecule has 1 aromatic heterocycles. The number of ketones is 1. The van der Waals surface area contributed by atoms with Gasteiger partial charge >= 0.3 is 0 Å². The van der Waals surface area contributed by atoms with Gasteiger partial charge in [-0.2, -0.15) is 0 Å². The average Bonchev–Trinajstić information content (AvgIpc) is 2.76. The first-order chi connectivity index (χ1) is 9.59. The largest absolute Gasteiger partial charge is 0.341 e. The van der Waals surface area contributed by atoms with Crippen LogP contribution >= 0.6 is 11.6 Å². The predicted octanol–water partition coefficient (Wildman–Crippen LogP) is 4.58. The van der Waals surface area contributed by atoms with Gasteiger partial charge in [-0.15, -0.1) is 0 Å². The van der Waals surface area contributed by atoms with Crippen molar-refractivity contribution in [2.45, 2.75) is 39.2 Å². The highest BCUT2D eigenvalue weighted by Gasteiger charge is 2.25. The number of nitrogens with zero attached hydrogens (tertiary/aromatic N) is 1. The summed E-state index contributed by atoms with van der Waals surface area (Å²) in [6, 6.07) is 10.1. The number of benzene rings is 1. The Balaban J connectivity index is 2.11. The first kappa shape index (κ1) is 13.4. The van der Waals surface area contributed by atoms with Crippen molar-refractivity contribution in [2.75, 3.05) is 0 Å². The molecule has 3 rings (SSSR count). The van der Waals surface area contributed by atoms with E-state index in [1.807, 2.05) is 24.3 Å². The van der Waals surface area contributed by atoms with E-state index in [0.717, 1.165) is 34.7 Å². The fourth-order valence-corrected chi connectivity index (χ4v) is 3.54. The number of hydrogen-bond acceptors (Lipinski definition) is 1. The Hall–Kier alpha value is -1.54. The Bertz CT molecular complexity index is 672. The molecule has 1 heterocycles. The summed E-state index contributed by atoms with van der Waals surface area (Å²) in [6.07, 6.45) is 2.60. The van der Waals surface area contributed by atoms with E-state index in [4.69, 9.17) is 11.6 Å². The second-order valence-electron chi connectivity index (χ2n) is 5.49. The van der Waals surface area contributed by atoms with Gasteiger partial charge in [0.05, 0.1) is 6.04 Å². The number of hydrogen-bond donors (Lipinski definition) is 0. The van der Waals surface area contributed by atoms with Crippen molar-refractivity contribution in [3.8, 4) is 0 Å². The number of fused-ring (bicyclic) bond motifs is 1. The third-order valence-electron chi connectivity index (χ3n) is 4.20. The smallest absolute Gasteiger partial charge is 0.164 e. The summed E-state index contributed by atoms with van der Waals surface area (Å²) in [4.78, 5) is 12.0. The Morgan fingerprint density at radius 1 is 1.25 bits per heavy atom. The quantitative estimate of drug-likeness (QED) is 0.792. The summed E-state index contributed by atoms with van der Waals surface area (Å²) in [5.74, 6) is 0.277. The van der Waals surface area contributed by atoms with E-state index >= 15 is 0 Å². The normalized spacial score (nSPS) is 16.1. The molecule has 2 aromatic rings. The lowest BCUT2D eigenvalue weighted by Crippen LogP contribution is -2.17. The lowest BCUT2D eigenvalue weighted by molar-refractivity contribution is 0.0971. The van der Waals surface area contributed by atoms with Crippen LogP contribution in [0.3, 0.4) is 0 Å². The molecule has 0 aliphatic heterocycles. The van der Waals surface area contributed by atoms with Gasteiger partial charge in [-0.05, 0) is 44.4 Å². The van der Waals surface area contributed by atoms with Crippen LogP contribution in [-0.4, -0.2) is 10.4 Å². The van der Waals surface area contributed by atoms with Crippen molar-refractivity contribution < 1.29 is 4.79 Å². The highest BCUT2D eigenvalue weighted by atomic mass is 35.5. The molecule has 2 nitrogen and oxygen atoms in total. The summed E-state index contributed by atoms with van der Waals surface area (Å²) in [7, 11) is 0. The van der Waals surface area contributed by atoms with E-state index in [0.29, 0.717) is 6.42 Å². The van der Waals surface area contributed by atoms with Crippen molar-refractivity contribution in [2.24, 2.45) is 0 Å². The molecule has 3 heteroatoms. The number of Topliss-reactive ketones (excluding diaryl/α,β-unsaturated/α-hetero) is 1. The van der Waals surface area contributed by atoms with Crippen molar-refractivity contribution in [1.29, 1.82) is 0 Å². The third-order valence-corrected chi connectivity index (χ3v) is 4.54. The molecule has 104 valence electrons. The van der Waals surface area contributed by atoms with Crippen LogP contribution in [0.2, 0.25) is 5.02 Å². The highest BCUT2D eigenvalue weighted by molar-refractivity contribution is 6.31. The zero-order valence-corrected chi connectivity index (χ0v) is 12.6. The Kier molecular flexibility index (Phi) is 3.43. The fourth-order valence-electron chi connectivity index (χ4n) is 3.24. The van der Waals surface area contributed by atoms with Crippen LogP contribution < -0.4 is 0 Å². The van der Waals surface area contributed by atoms with E-state index < -0.39 is 0 Å². The number of aromatic nitrogens is 1. The lowest BCUT2D eigenvalue weighted by Gasteiger charge is -2.23. The molecule has 1 atom stereocenters. The number of carbonyl (C=O) groups excluding carboxylic acids is 1. The van der Waals surface area contributed by atoms with Crippen molar-refractivity contribution >= 4 is 17.4 Å². The van der Waals surface area contributed by atoms with E-state index in [9.17, 15) is 4.79 Å². The van der Waals surface area contributed by atoms with Gasteiger partial charge in [-0.3, -0.25) is 4.79 Å². The minimum Gasteiger partial charge on any atom is -0.341 e. The van der Waals surface area contributed by atoms with Gasteiger partial charge in [0.15, 0.2) is 5.78 Å². The Labute approximate surface area is 124 Å². The number of aryl methyl sites for hydroxylation is 1. The molecule has 1 unspecified atom stereocenters. The molecule has 0 radical (unpaired) electrons. The van der Waals surface area contributed by atoms with Gasteiger partial charge in [0, 0.05) is 28.4 Å². The Morgan fingerprint density at radius 2 is 2.00 bits per heavy atom. The molecule has 0 saturated carbocycles. The van der Waals surface area contributed by atoms with E-state index in [-0.39, 0.29) is 11.8 Å². The minimum atomic E-state index is 0.151. The van der Waals surface area contributed by atoms with Gasteiger partial charge in [0.2, 0.25) is 0 Å². The van der Waals surface area contributed by atoms with Gasteiger partial charge in [-0.1, -0.05) is 29.8 Å². The molecule has 0 bridgehead atoms. The van der Waals surface area contributed by atoms with Gasteiger partial charge in [0.25, 0.3) is 0 Å². The second-order valence-corrected chi connectivity index (χ2v) is 5.90. The van der Waals surface area contributed by atoms with Crippen LogP contribution in [-0.2, 0) is 6.42 Å². The fraction of sp³-hybridized carbons (Fsp3) is 0.353. The van der Waals surface area contributed by atoms with Crippen molar-refractivity contribution in [1.82, 2.24) is 4.57 Å². The zero-order valence-electron chi connectivity index (χ0n) is 11.8. The highest BCUT2D eigenvalue weighted by Crippen LogP contribution is 2.33. The Morgan fingerprint density at radius 3 is 2.75 bits per heavy atom. The molecule has 0 saturated heterocycles. The number of rotatable bonds is 2. The number of halogens is 1. The molecule has 1 aromatic carbocycles. The monoisotopic (exact) mass is 287 g/mol. The van der Waals surface area contributed by atoms with E-state index in [1.165, 1.54) is 5.69 Å². The summed E-state index contributed by atoms with van der Waals surface area (Å²) >= 11 is 6.32. The third kappa shape index (κ3) is 2.08. The van der Waals surface area contributed by atoms with Crippen LogP contribution in [0.1, 0.15) is 53.1 Å². The van der Waals surface area contributed by atoms with Crippen molar-refractivity contribution in [3.05, 3.63) is 57.9 Å². The van der Waals surface area contributed by atoms with E-state index in [1.54, 1.807) is 0 Å². The van der Waals surface area contributed by atoms with Gasteiger partial charge < -0.3 is 4.57 Å². The number of carbonyl (C=O) groups is 1. The van der Waals surface area contributed by atoms with Crippen molar-refractivity contribution in [3.63, 3.8) is 0 Å². The molecule has 0 spiro atoms. The van der Waals surface area contributed by atoms with Crippen LogP contribution in [0.5, 0.6) is 0 Å². The SMILES string of the molecule is Cc1cc2c(n1C(C)c1ccccc1Cl)CCCC2=O. The van der Waals surface area contributed by atoms with Crippen LogP contribution in [0.15, 0.2) is 30.3 Å². The van der Waals surface area contributed by atoms with Crippen LogP contribution in [0.4, 0.5) is 0 Å². The maximum absolute atomic E-state index is 12.0. The topological polar surface area (TPSA) is 22.0 Å². The molecule has 20 heavy (non-hydrogen) atoms. The average molecular weight is 288 g/mol. The first-order valence-corrected chi connectivity index (χ1v) is 7.45. The van der Waals surface area contributed by atoms with Crippen LogP contribution in [0, 0.1) is 6.92 Å². The standard InChI is InChI=1S/C17H18ClNO/c1-11-10-14-16(8-5-9-17(14)20)19(11)12(2)13-6-3-4-7-15(13)18/h3-4,6-7,10,12H,5,8-9H2,1-2H3. The van der Waals surface area contributed by atoms with E-state index in [2.05, 4.69) is 24.5 Å². The predicted molar refractivity (Wildman–Crippen MR) is 81.7 cm³/mol. The first-order valence-electron chi connectivity index (χ1n) is 7.08. The minimum absolute atomic E-state index is 0.151. The molecular weight excluding hydrogens is 270 g/mol. The maximum Gasteiger partial charge on any atom is 0.164 e. The summed E-state index contributed by atoms with van der Waals surface area (Å²) < 4.78 is 2.27.